The Labute approximate surface area is 121 Å². The molecule has 0 fully saturated rings. The molecule has 0 bridgehead atoms. The van der Waals surface area contributed by atoms with Gasteiger partial charge in [0.15, 0.2) is 0 Å². The van der Waals surface area contributed by atoms with Crippen molar-refractivity contribution < 1.29 is 19.8 Å². The van der Waals surface area contributed by atoms with Crippen molar-refractivity contribution >= 4 is 17.6 Å². The molecule has 21 heavy (non-hydrogen) atoms. The number of carboxylic acids is 1. The summed E-state index contributed by atoms with van der Waals surface area (Å²) >= 11 is 0. The number of aryl methyl sites for hydroxylation is 1. The summed E-state index contributed by atoms with van der Waals surface area (Å²) in [6, 6.07) is 11.5. The van der Waals surface area contributed by atoms with E-state index < -0.39 is 5.97 Å². The first-order valence-electron chi connectivity index (χ1n) is 6.37. The quantitative estimate of drug-likeness (QED) is 0.753. The number of carboxylic acid groups (broad SMARTS) is 1. The van der Waals surface area contributed by atoms with Crippen molar-refractivity contribution in [1.29, 1.82) is 0 Å². The number of phenols is 1. The fourth-order valence-corrected chi connectivity index (χ4v) is 1.88. The van der Waals surface area contributed by atoms with E-state index in [1.807, 2.05) is 31.2 Å². The third kappa shape index (κ3) is 3.82. The smallest absolute Gasteiger partial charge is 0.339 e. The van der Waals surface area contributed by atoms with Gasteiger partial charge in [-0.15, -0.1) is 0 Å². The zero-order valence-electron chi connectivity index (χ0n) is 11.5. The standard InChI is InChI=1S/C16H15NO4/c1-10-2-4-11(5-3-10)8-15(19)17-12-6-7-14(18)13(9-12)16(20)21/h2-7,9,18H,8H2,1H3,(H,17,19)(H,20,21). The highest BCUT2D eigenvalue weighted by atomic mass is 16.4. The minimum atomic E-state index is -1.25. The van der Waals surface area contributed by atoms with Crippen LogP contribution in [0.1, 0.15) is 21.5 Å². The molecule has 0 aliphatic carbocycles. The molecular weight excluding hydrogens is 270 g/mol. The van der Waals surface area contributed by atoms with Crippen LogP contribution in [0.15, 0.2) is 42.5 Å². The van der Waals surface area contributed by atoms with Gasteiger partial charge in [0.2, 0.25) is 5.91 Å². The molecule has 0 radical (unpaired) electrons. The second-order valence-electron chi connectivity index (χ2n) is 4.75. The van der Waals surface area contributed by atoms with Gasteiger partial charge in [0, 0.05) is 5.69 Å². The van der Waals surface area contributed by atoms with Gasteiger partial charge in [0.1, 0.15) is 11.3 Å². The molecule has 108 valence electrons. The first-order valence-corrected chi connectivity index (χ1v) is 6.37. The first-order chi connectivity index (χ1) is 9.95. The lowest BCUT2D eigenvalue weighted by atomic mass is 10.1. The Morgan fingerprint density at radius 1 is 1.10 bits per heavy atom. The lowest BCUT2D eigenvalue weighted by molar-refractivity contribution is -0.115. The summed E-state index contributed by atoms with van der Waals surface area (Å²) < 4.78 is 0. The van der Waals surface area contributed by atoms with Gasteiger partial charge in [0.25, 0.3) is 0 Å². The highest BCUT2D eigenvalue weighted by Crippen LogP contribution is 2.21. The van der Waals surface area contributed by atoms with Gasteiger partial charge in [-0.25, -0.2) is 4.79 Å². The van der Waals surface area contributed by atoms with E-state index in [9.17, 15) is 14.7 Å². The van der Waals surface area contributed by atoms with Gasteiger partial charge in [0.05, 0.1) is 6.42 Å². The molecule has 0 aromatic heterocycles. The number of amides is 1. The van der Waals surface area contributed by atoms with E-state index in [-0.39, 0.29) is 23.6 Å². The fraction of sp³-hybridized carbons (Fsp3) is 0.125. The minimum absolute atomic E-state index is 0.198. The van der Waals surface area contributed by atoms with Crippen molar-refractivity contribution in [1.82, 2.24) is 0 Å². The maximum atomic E-state index is 11.9. The number of aromatic carboxylic acids is 1. The van der Waals surface area contributed by atoms with Crippen molar-refractivity contribution in [3.63, 3.8) is 0 Å². The Bertz CT molecular complexity index is 677. The Balaban J connectivity index is 2.07. The number of hydrogen-bond donors (Lipinski definition) is 3. The van der Waals surface area contributed by atoms with Crippen LogP contribution in [0.25, 0.3) is 0 Å². The van der Waals surface area contributed by atoms with Crippen LogP contribution in [0, 0.1) is 6.92 Å². The molecule has 1 amide bonds. The minimum Gasteiger partial charge on any atom is -0.507 e. The number of anilines is 1. The Kier molecular flexibility index (Phi) is 4.23. The summed E-state index contributed by atoms with van der Waals surface area (Å²) in [5.74, 6) is -1.83. The predicted molar refractivity (Wildman–Crippen MR) is 78.6 cm³/mol. The van der Waals surface area contributed by atoms with Crippen LogP contribution in [-0.2, 0) is 11.2 Å². The highest BCUT2D eigenvalue weighted by Gasteiger charge is 2.11. The number of hydrogen-bond acceptors (Lipinski definition) is 3. The molecule has 0 aliphatic rings. The largest absolute Gasteiger partial charge is 0.507 e. The molecule has 2 aromatic rings. The van der Waals surface area contributed by atoms with Gasteiger partial charge in [-0.3, -0.25) is 4.79 Å². The molecule has 0 atom stereocenters. The van der Waals surface area contributed by atoms with E-state index in [0.717, 1.165) is 11.1 Å². The van der Waals surface area contributed by atoms with E-state index in [1.165, 1.54) is 18.2 Å². The zero-order chi connectivity index (χ0) is 15.4. The molecule has 2 aromatic carbocycles. The molecule has 0 spiro atoms. The topological polar surface area (TPSA) is 86.6 Å². The van der Waals surface area contributed by atoms with Crippen molar-refractivity contribution in [3.8, 4) is 5.75 Å². The molecular formula is C16H15NO4. The van der Waals surface area contributed by atoms with Crippen molar-refractivity contribution in [3.05, 3.63) is 59.2 Å². The third-order valence-electron chi connectivity index (χ3n) is 3.00. The van der Waals surface area contributed by atoms with Crippen LogP contribution in [0.4, 0.5) is 5.69 Å². The van der Waals surface area contributed by atoms with Gasteiger partial charge < -0.3 is 15.5 Å². The molecule has 0 aliphatic heterocycles. The molecule has 0 saturated heterocycles. The summed E-state index contributed by atoms with van der Waals surface area (Å²) in [6.45, 7) is 1.97. The number of carbonyl (C=O) groups is 2. The molecule has 0 unspecified atom stereocenters. The van der Waals surface area contributed by atoms with Crippen LogP contribution < -0.4 is 5.32 Å². The fourth-order valence-electron chi connectivity index (χ4n) is 1.88. The molecule has 0 saturated carbocycles. The van der Waals surface area contributed by atoms with Gasteiger partial charge in [-0.05, 0) is 30.7 Å². The number of rotatable bonds is 4. The first kappa shape index (κ1) is 14.6. The molecule has 3 N–H and O–H groups in total. The highest BCUT2D eigenvalue weighted by molar-refractivity contribution is 5.96. The lowest BCUT2D eigenvalue weighted by Gasteiger charge is -2.07. The van der Waals surface area contributed by atoms with Crippen molar-refractivity contribution in [2.45, 2.75) is 13.3 Å². The lowest BCUT2D eigenvalue weighted by Crippen LogP contribution is -2.14. The summed E-state index contributed by atoms with van der Waals surface area (Å²) in [4.78, 5) is 22.8. The van der Waals surface area contributed by atoms with Gasteiger partial charge in [-0.1, -0.05) is 29.8 Å². The average molecular weight is 285 g/mol. The van der Waals surface area contributed by atoms with Crippen LogP contribution in [-0.4, -0.2) is 22.1 Å². The zero-order valence-corrected chi connectivity index (χ0v) is 11.5. The van der Waals surface area contributed by atoms with Crippen LogP contribution >= 0.6 is 0 Å². The van der Waals surface area contributed by atoms with E-state index >= 15 is 0 Å². The summed E-state index contributed by atoms with van der Waals surface area (Å²) in [5.41, 5.74) is 2.07. The molecule has 0 heterocycles. The summed E-state index contributed by atoms with van der Waals surface area (Å²) in [5, 5.41) is 20.9. The summed E-state index contributed by atoms with van der Waals surface area (Å²) in [6.07, 6.45) is 0.198. The summed E-state index contributed by atoms with van der Waals surface area (Å²) in [7, 11) is 0. The monoisotopic (exact) mass is 285 g/mol. The Morgan fingerprint density at radius 3 is 2.38 bits per heavy atom. The molecule has 2 rings (SSSR count). The maximum Gasteiger partial charge on any atom is 0.339 e. The average Bonchev–Trinajstić information content (AvgIpc) is 2.43. The van der Waals surface area contributed by atoms with Crippen molar-refractivity contribution in [2.75, 3.05) is 5.32 Å². The van der Waals surface area contributed by atoms with Gasteiger partial charge in [-0.2, -0.15) is 0 Å². The Hall–Kier alpha value is -2.82. The number of carbonyl (C=O) groups excluding carboxylic acids is 1. The predicted octanol–water partition coefficient (Wildman–Crippen LogP) is 2.58. The normalized spacial score (nSPS) is 10.1. The number of benzene rings is 2. The Morgan fingerprint density at radius 2 is 1.76 bits per heavy atom. The van der Waals surface area contributed by atoms with E-state index in [0.29, 0.717) is 5.69 Å². The van der Waals surface area contributed by atoms with Crippen LogP contribution in [0.3, 0.4) is 0 Å². The SMILES string of the molecule is Cc1ccc(CC(=O)Nc2ccc(O)c(C(=O)O)c2)cc1. The van der Waals surface area contributed by atoms with Crippen LogP contribution in [0.2, 0.25) is 0 Å². The second-order valence-corrected chi connectivity index (χ2v) is 4.75. The molecule has 5 nitrogen and oxygen atoms in total. The second kappa shape index (κ2) is 6.09. The van der Waals surface area contributed by atoms with Crippen molar-refractivity contribution in [2.24, 2.45) is 0 Å². The van der Waals surface area contributed by atoms with Crippen LogP contribution in [0.5, 0.6) is 5.75 Å². The maximum absolute atomic E-state index is 11.9. The third-order valence-corrected chi connectivity index (χ3v) is 3.00. The van der Waals surface area contributed by atoms with E-state index in [4.69, 9.17) is 5.11 Å². The number of nitrogens with one attached hydrogen (secondary N) is 1. The van der Waals surface area contributed by atoms with E-state index in [1.54, 1.807) is 0 Å². The molecule has 5 heteroatoms. The van der Waals surface area contributed by atoms with E-state index in [2.05, 4.69) is 5.32 Å². The van der Waals surface area contributed by atoms with Gasteiger partial charge >= 0.3 is 5.97 Å². The number of aromatic hydroxyl groups is 1.